The van der Waals surface area contributed by atoms with Crippen molar-refractivity contribution in [3.8, 4) is 0 Å². The first-order valence-corrected chi connectivity index (χ1v) is 7.26. The van der Waals surface area contributed by atoms with Crippen LogP contribution in [0.15, 0.2) is 0 Å². The largest absolute Gasteiger partial charge is 0.354 e. The maximum absolute atomic E-state index is 12.3. The van der Waals surface area contributed by atoms with E-state index in [1.54, 1.807) is 0 Å². The monoisotopic (exact) mass is 266 g/mol. The third-order valence-electron chi connectivity index (χ3n) is 4.52. The Labute approximate surface area is 113 Å². The predicted octanol–water partition coefficient (Wildman–Crippen LogP) is -1.37. The fourth-order valence-corrected chi connectivity index (χ4v) is 3.42. The molecule has 3 aliphatic heterocycles. The smallest absolute Gasteiger partial charge is 0.236 e. The van der Waals surface area contributed by atoms with Gasteiger partial charge in [0, 0.05) is 38.8 Å². The molecule has 6 nitrogen and oxygen atoms in total. The number of nitrogens with one attached hydrogen (secondary N) is 2. The third-order valence-corrected chi connectivity index (χ3v) is 4.52. The quantitative estimate of drug-likeness (QED) is 0.647. The topological polar surface area (TPSA) is 64.7 Å². The fourth-order valence-electron chi connectivity index (χ4n) is 3.42. The SMILES string of the molecule is O=C1NCC2C1CCCN2CC(=O)N1CCNCC1. The summed E-state index contributed by atoms with van der Waals surface area (Å²) < 4.78 is 0. The molecule has 3 heterocycles. The summed E-state index contributed by atoms with van der Waals surface area (Å²) in [6.07, 6.45) is 1.98. The van der Waals surface area contributed by atoms with Gasteiger partial charge in [0.2, 0.25) is 11.8 Å². The van der Waals surface area contributed by atoms with Crippen molar-refractivity contribution in [2.24, 2.45) is 5.92 Å². The number of hydrogen-bond acceptors (Lipinski definition) is 4. The second kappa shape index (κ2) is 5.46. The van der Waals surface area contributed by atoms with Gasteiger partial charge in [-0.1, -0.05) is 0 Å². The lowest BCUT2D eigenvalue weighted by Gasteiger charge is -2.37. The molecule has 3 rings (SSSR count). The van der Waals surface area contributed by atoms with Crippen molar-refractivity contribution in [1.82, 2.24) is 20.4 Å². The van der Waals surface area contributed by atoms with E-state index >= 15 is 0 Å². The van der Waals surface area contributed by atoms with Crippen LogP contribution in [0.2, 0.25) is 0 Å². The van der Waals surface area contributed by atoms with E-state index < -0.39 is 0 Å². The third kappa shape index (κ3) is 2.60. The predicted molar refractivity (Wildman–Crippen MR) is 70.5 cm³/mol. The van der Waals surface area contributed by atoms with Gasteiger partial charge in [0.25, 0.3) is 0 Å². The number of piperazine rings is 1. The van der Waals surface area contributed by atoms with Crippen molar-refractivity contribution >= 4 is 11.8 Å². The molecule has 0 saturated carbocycles. The van der Waals surface area contributed by atoms with Gasteiger partial charge in [0.15, 0.2) is 0 Å². The molecular formula is C13H22N4O2. The van der Waals surface area contributed by atoms with Crippen molar-refractivity contribution in [2.75, 3.05) is 45.8 Å². The first-order valence-electron chi connectivity index (χ1n) is 7.26. The maximum Gasteiger partial charge on any atom is 0.236 e. The van der Waals surface area contributed by atoms with Gasteiger partial charge >= 0.3 is 0 Å². The van der Waals surface area contributed by atoms with Crippen molar-refractivity contribution in [3.05, 3.63) is 0 Å². The molecule has 0 radical (unpaired) electrons. The van der Waals surface area contributed by atoms with E-state index in [2.05, 4.69) is 15.5 Å². The summed E-state index contributed by atoms with van der Waals surface area (Å²) in [5.41, 5.74) is 0. The molecule has 106 valence electrons. The molecule has 2 atom stereocenters. The van der Waals surface area contributed by atoms with Crippen LogP contribution in [-0.4, -0.2) is 73.5 Å². The Morgan fingerprint density at radius 1 is 1.26 bits per heavy atom. The van der Waals surface area contributed by atoms with Crippen LogP contribution in [0.5, 0.6) is 0 Å². The number of carbonyl (C=O) groups excluding carboxylic acids is 2. The zero-order valence-corrected chi connectivity index (χ0v) is 11.2. The van der Waals surface area contributed by atoms with Gasteiger partial charge in [-0.3, -0.25) is 14.5 Å². The van der Waals surface area contributed by atoms with Crippen LogP contribution >= 0.6 is 0 Å². The molecule has 2 N–H and O–H groups in total. The van der Waals surface area contributed by atoms with Gasteiger partial charge in [0.05, 0.1) is 12.5 Å². The Bertz CT molecular complexity index is 368. The lowest BCUT2D eigenvalue weighted by molar-refractivity contribution is -0.135. The summed E-state index contributed by atoms with van der Waals surface area (Å²) in [4.78, 5) is 28.1. The molecule has 0 aromatic carbocycles. The standard InChI is InChI=1S/C13H22N4O2/c18-12(16-6-3-14-4-7-16)9-17-5-1-2-10-11(17)8-15-13(10)19/h10-11,14H,1-9H2,(H,15,19). The van der Waals surface area contributed by atoms with Gasteiger partial charge in [-0.25, -0.2) is 0 Å². The van der Waals surface area contributed by atoms with Gasteiger partial charge in [0.1, 0.15) is 0 Å². The van der Waals surface area contributed by atoms with Gasteiger partial charge < -0.3 is 15.5 Å². The fraction of sp³-hybridized carbons (Fsp3) is 0.846. The lowest BCUT2D eigenvalue weighted by atomic mass is 9.91. The Kier molecular flexibility index (Phi) is 3.70. The van der Waals surface area contributed by atoms with Crippen LogP contribution in [-0.2, 0) is 9.59 Å². The molecule has 3 aliphatic rings. The highest BCUT2D eigenvalue weighted by atomic mass is 16.2. The number of fused-ring (bicyclic) bond motifs is 1. The van der Waals surface area contributed by atoms with E-state index in [4.69, 9.17) is 0 Å². The molecule has 6 heteroatoms. The number of likely N-dealkylation sites (tertiary alicyclic amines) is 1. The van der Waals surface area contributed by atoms with E-state index in [0.717, 1.165) is 45.6 Å². The van der Waals surface area contributed by atoms with Crippen LogP contribution in [0, 0.1) is 5.92 Å². The van der Waals surface area contributed by atoms with E-state index in [-0.39, 0.29) is 23.8 Å². The van der Waals surface area contributed by atoms with Gasteiger partial charge in [-0.2, -0.15) is 0 Å². The molecule has 2 amide bonds. The van der Waals surface area contributed by atoms with Crippen LogP contribution in [0.3, 0.4) is 0 Å². The molecule has 0 aromatic heterocycles. The molecule has 2 unspecified atom stereocenters. The molecule has 0 aliphatic carbocycles. The van der Waals surface area contributed by atoms with Crippen molar-refractivity contribution in [3.63, 3.8) is 0 Å². The minimum Gasteiger partial charge on any atom is -0.354 e. The Morgan fingerprint density at radius 3 is 2.84 bits per heavy atom. The second-order valence-corrected chi connectivity index (χ2v) is 5.66. The number of piperidine rings is 1. The summed E-state index contributed by atoms with van der Waals surface area (Å²) in [7, 11) is 0. The summed E-state index contributed by atoms with van der Waals surface area (Å²) in [5.74, 6) is 0.482. The summed E-state index contributed by atoms with van der Waals surface area (Å²) in [5, 5.41) is 6.18. The minimum absolute atomic E-state index is 0.101. The molecular weight excluding hydrogens is 244 g/mol. The average Bonchev–Trinajstić information content (AvgIpc) is 2.83. The molecule has 3 fully saturated rings. The molecule has 3 saturated heterocycles. The van der Waals surface area contributed by atoms with E-state index in [1.165, 1.54) is 0 Å². The first kappa shape index (κ1) is 12.9. The molecule has 0 bridgehead atoms. The van der Waals surface area contributed by atoms with Gasteiger partial charge in [-0.15, -0.1) is 0 Å². The summed E-state index contributed by atoms with van der Waals surface area (Å²) in [6.45, 7) is 5.49. The van der Waals surface area contributed by atoms with Crippen molar-refractivity contribution in [1.29, 1.82) is 0 Å². The molecule has 0 spiro atoms. The van der Waals surface area contributed by atoms with Crippen LogP contribution in [0.25, 0.3) is 0 Å². The van der Waals surface area contributed by atoms with Crippen molar-refractivity contribution < 1.29 is 9.59 Å². The van der Waals surface area contributed by atoms with E-state index in [1.807, 2.05) is 4.90 Å². The maximum atomic E-state index is 12.3. The molecule has 0 aromatic rings. The number of carbonyl (C=O) groups is 2. The van der Waals surface area contributed by atoms with Crippen LogP contribution < -0.4 is 10.6 Å². The summed E-state index contributed by atoms with van der Waals surface area (Å²) >= 11 is 0. The highest BCUT2D eigenvalue weighted by Crippen LogP contribution is 2.27. The Balaban J connectivity index is 1.59. The minimum atomic E-state index is 0.101. The Hall–Kier alpha value is -1.14. The average molecular weight is 266 g/mol. The number of rotatable bonds is 2. The van der Waals surface area contributed by atoms with Gasteiger partial charge in [-0.05, 0) is 19.4 Å². The Morgan fingerprint density at radius 2 is 2.05 bits per heavy atom. The second-order valence-electron chi connectivity index (χ2n) is 5.66. The van der Waals surface area contributed by atoms with E-state index in [9.17, 15) is 9.59 Å². The molecule has 19 heavy (non-hydrogen) atoms. The zero-order valence-electron chi connectivity index (χ0n) is 11.2. The number of hydrogen-bond donors (Lipinski definition) is 2. The van der Waals surface area contributed by atoms with E-state index in [0.29, 0.717) is 13.1 Å². The normalized spacial score (nSPS) is 32.0. The number of nitrogens with zero attached hydrogens (tertiary/aromatic N) is 2. The summed E-state index contributed by atoms with van der Waals surface area (Å²) in [6, 6.07) is 0.230. The highest BCUT2D eigenvalue weighted by molar-refractivity contribution is 5.82. The lowest BCUT2D eigenvalue weighted by Crippen LogP contribution is -2.53. The highest BCUT2D eigenvalue weighted by Gasteiger charge is 2.41. The number of amides is 2. The van der Waals surface area contributed by atoms with Crippen molar-refractivity contribution in [2.45, 2.75) is 18.9 Å². The first-order chi connectivity index (χ1) is 9.25. The van der Waals surface area contributed by atoms with Crippen LogP contribution in [0.4, 0.5) is 0 Å². The zero-order chi connectivity index (χ0) is 13.2. The van der Waals surface area contributed by atoms with Crippen LogP contribution in [0.1, 0.15) is 12.8 Å².